The summed E-state index contributed by atoms with van der Waals surface area (Å²) in [7, 11) is 3.12. The Morgan fingerprint density at radius 1 is 1.00 bits per heavy atom. The van der Waals surface area contributed by atoms with Gasteiger partial charge in [0.1, 0.15) is 5.75 Å². The minimum absolute atomic E-state index is 0.0290. The second-order valence-electron chi connectivity index (χ2n) is 6.68. The Labute approximate surface area is 148 Å². The highest BCUT2D eigenvalue weighted by Crippen LogP contribution is 2.29. The molecule has 0 radical (unpaired) electrons. The Hall–Kier alpha value is -2.69. The van der Waals surface area contributed by atoms with Gasteiger partial charge in [0.25, 0.3) is 5.91 Å². The lowest BCUT2D eigenvalue weighted by atomic mass is 9.87. The number of anilines is 1. The maximum absolute atomic E-state index is 12.1. The van der Waals surface area contributed by atoms with E-state index in [0.717, 1.165) is 5.56 Å². The maximum Gasteiger partial charge on any atom is 0.262 e. The zero-order chi connectivity index (χ0) is 18.4. The van der Waals surface area contributed by atoms with Crippen molar-refractivity contribution in [1.82, 2.24) is 0 Å². The molecule has 0 aromatic heterocycles. The number of carbonyl (C=O) groups is 1. The standard InChI is InChI=1S/C20H25NO4/c1-20(2,3)14-7-6-8-16(11-14)25-13-19(22)21-15-9-10-17(23-4)18(12-15)24-5/h6-12H,13H2,1-5H3,(H,21,22). The first-order valence-corrected chi connectivity index (χ1v) is 8.08. The molecule has 1 amide bonds. The number of rotatable bonds is 6. The third-order valence-corrected chi connectivity index (χ3v) is 3.74. The van der Waals surface area contributed by atoms with Gasteiger partial charge in [-0.1, -0.05) is 32.9 Å². The molecule has 25 heavy (non-hydrogen) atoms. The minimum Gasteiger partial charge on any atom is -0.493 e. The molecule has 0 aliphatic rings. The first kappa shape index (κ1) is 18.6. The highest BCUT2D eigenvalue weighted by atomic mass is 16.5. The first-order valence-electron chi connectivity index (χ1n) is 8.08. The molecule has 0 heterocycles. The van der Waals surface area contributed by atoms with Gasteiger partial charge in [-0.2, -0.15) is 0 Å². The van der Waals surface area contributed by atoms with Crippen LogP contribution in [0.25, 0.3) is 0 Å². The molecule has 0 bridgehead atoms. The van der Waals surface area contributed by atoms with Crippen LogP contribution in [0.5, 0.6) is 17.2 Å². The monoisotopic (exact) mass is 343 g/mol. The molecule has 0 saturated carbocycles. The summed E-state index contributed by atoms with van der Waals surface area (Å²) in [5.41, 5.74) is 1.81. The van der Waals surface area contributed by atoms with Gasteiger partial charge >= 0.3 is 0 Å². The van der Waals surface area contributed by atoms with Gasteiger partial charge in [-0.15, -0.1) is 0 Å². The van der Waals surface area contributed by atoms with Gasteiger partial charge in [0.05, 0.1) is 14.2 Å². The summed E-state index contributed by atoms with van der Waals surface area (Å²) < 4.78 is 16.0. The molecule has 2 aromatic rings. The fourth-order valence-electron chi connectivity index (χ4n) is 2.31. The molecule has 0 saturated heterocycles. The second kappa shape index (κ2) is 7.92. The van der Waals surface area contributed by atoms with E-state index in [1.165, 1.54) is 0 Å². The van der Waals surface area contributed by atoms with Gasteiger partial charge in [-0.05, 0) is 35.2 Å². The van der Waals surface area contributed by atoms with Gasteiger partial charge in [-0.3, -0.25) is 4.79 Å². The molecule has 2 rings (SSSR count). The van der Waals surface area contributed by atoms with E-state index < -0.39 is 0 Å². The quantitative estimate of drug-likeness (QED) is 0.861. The molecular weight excluding hydrogens is 318 g/mol. The van der Waals surface area contributed by atoms with Crippen LogP contribution in [-0.2, 0) is 10.2 Å². The number of hydrogen-bond donors (Lipinski definition) is 1. The SMILES string of the molecule is COc1ccc(NC(=O)COc2cccc(C(C)(C)C)c2)cc1OC. The van der Waals surface area contributed by atoms with Crippen molar-refractivity contribution in [1.29, 1.82) is 0 Å². The van der Waals surface area contributed by atoms with Crippen molar-refractivity contribution in [2.24, 2.45) is 0 Å². The van der Waals surface area contributed by atoms with Crippen LogP contribution in [0.4, 0.5) is 5.69 Å². The normalized spacial score (nSPS) is 10.9. The Morgan fingerprint density at radius 2 is 1.72 bits per heavy atom. The molecular formula is C20H25NO4. The van der Waals surface area contributed by atoms with E-state index in [4.69, 9.17) is 14.2 Å². The predicted molar refractivity (Wildman–Crippen MR) is 98.8 cm³/mol. The Kier molecular flexibility index (Phi) is 5.91. The summed E-state index contributed by atoms with van der Waals surface area (Å²) in [5, 5.41) is 2.78. The highest BCUT2D eigenvalue weighted by molar-refractivity contribution is 5.92. The summed E-state index contributed by atoms with van der Waals surface area (Å²) in [6.07, 6.45) is 0. The molecule has 5 heteroatoms. The van der Waals surface area contributed by atoms with Crippen LogP contribution >= 0.6 is 0 Å². The predicted octanol–water partition coefficient (Wildman–Crippen LogP) is 4.02. The van der Waals surface area contributed by atoms with Crippen molar-refractivity contribution in [3.8, 4) is 17.2 Å². The Balaban J connectivity index is 1.97. The molecule has 0 fully saturated rings. The molecule has 0 aliphatic carbocycles. The summed E-state index contributed by atoms with van der Waals surface area (Å²) in [5.74, 6) is 1.60. The van der Waals surface area contributed by atoms with Crippen molar-refractivity contribution >= 4 is 11.6 Å². The van der Waals surface area contributed by atoms with Crippen molar-refractivity contribution in [3.63, 3.8) is 0 Å². The maximum atomic E-state index is 12.1. The summed E-state index contributed by atoms with van der Waals surface area (Å²) in [4.78, 5) is 12.1. The molecule has 0 aliphatic heterocycles. The van der Waals surface area contributed by atoms with Gasteiger partial charge in [-0.25, -0.2) is 0 Å². The van der Waals surface area contributed by atoms with E-state index in [2.05, 4.69) is 32.2 Å². The van der Waals surface area contributed by atoms with Crippen LogP contribution in [-0.4, -0.2) is 26.7 Å². The molecule has 5 nitrogen and oxygen atoms in total. The van der Waals surface area contributed by atoms with Crippen molar-refractivity contribution in [2.75, 3.05) is 26.1 Å². The highest BCUT2D eigenvalue weighted by Gasteiger charge is 2.14. The average molecular weight is 343 g/mol. The molecule has 0 unspecified atom stereocenters. The van der Waals surface area contributed by atoms with Gasteiger partial charge in [0, 0.05) is 11.8 Å². The number of amides is 1. The lowest BCUT2D eigenvalue weighted by Gasteiger charge is -2.19. The zero-order valence-corrected chi connectivity index (χ0v) is 15.4. The topological polar surface area (TPSA) is 56.8 Å². The largest absolute Gasteiger partial charge is 0.493 e. The molecule has 134 valence electrons. The van der Waals surface area contributed by atoms with Crippen LogP contribution in [0.3, 0.4) is 0 Å². The number of hydrogen-bond acceptors (Lipinski definition) is 4. The molecule has 2 aromatic carbocycles. The molecule has 1 N–H and O–H groups in total. The first-order chi connectivity index (χ1) is 11.8. The van der Waals surface area contributed by atoms with Crippen LogP contribution in [0.2, 0.25) is 0 Å². The lowest BCUT2D eigenvalue weighted by molar-refractivity contribution is -0.118. The zero-order valence-electron chi connectivity index (χ0n) is 15.4. The number of ether oxygens (including phenoxy) is 3. The fraction of sp³-hybridized carbons (Fsp3) is 0.350. The second-order valence-corrected chi connectivity index (χ2v) is 6.68. The van der Waals surface area contributed by atoms with E-state index in [9.17, 15) is 4.79 Å². The van der Waals surface area contributed by atoms with Gasteiger partial charge < -0.3 is 19.5 Å². The van der Waals surface area contributed by atoms with Crippen molar-refractivity contribution in [3.05, 3.63) is 48.0 Å². The van der Waals surface area contributed by atoms with Gasteiger partial charge in [0.15, 0.2) is 18.1 Å². The molecule has 0 spiro atoms. The number of carbonyl (C=O) groups excluding carboxylic acids is 1. The third-order valence-electron chi connectivity index (χ3n) is 3.74. The lowest BCUT2D eigenvalue weighted by Crippen LogP contribution is -2.20. The third kappa shape index (κ3) is 5.14. The number of methoxy groups -OCH3 is 2. The van der Waals surface area contributed by atoms with E-state index in [0.29, 0.717) is 22.9 Å². The molecule has 0 atom stereocenters. The van der Waals surface area contributed by atoms with Crippen LogP contribution in [0.1, 0.15) is 26.3 Å². The van der Waals surface area contributed by atoms with E-state index in [-0.39, 0.29) is 17.9 Å². The Morgan fingerprint density at radius 3 is 2.36 bits per heavy atom. The van der Waals surface area contributed by atoms with Crippen molar-refractivity contribution < 1.29 is 19.0 Å². The van der Waals surface area contributed by atoms with E-state index >= 15 is 0 Å². The number of nitrogens with one attached hydrogen (secondary N) is 1. The summed E-state index contributed by atoms with van der Waals surface area (Å²) in [6, 6.07) is 13.0. The fourth-order valence-corrected chi connectivity index (χ4v) is 2.31. The average Bonchev–Trinajstić information content (AvgIpc) is 2.59. The Bertz CT molecular complexity index is 735. The van der Waals surface area contributed by atoms with E-state index in [1.807, 2.05) is 18.2 Å². The van der Waals surface area contributed by atoms with Crippen molar-refractivity contribution in [2.45, 2.75) is 26.2 Å². The minimum atomic E-state index is -0.242. The van der Waals surface area contributed by atoms with Crippen LogP contribution in [0.15, 0.2) is 42.5 Å². The summed E-state index contributed by atoms with van der Waals surface area (Å²) >= 11 is 0. The van der Waals surface area contributed by atoms with Crippen LogP contribution < -0.4 is 19.5 Å². The summed E-state index contributed by atoms with van der Waals surface area (Å²) in [6.45, 7) is 6.34. The smallest absolute Gasteiger partial charge is 0.262 e. The van der Waals surface area contributed by atoms with Crippen LogP contribution in [0, 0.1) is 0 Å². The van der Waals surface area contributed by atoms with Gasteiger partial charge in [0.2, 0.25) is 0 Å². The van der Waals surface area contributed by atoms with E-state index in [1.54, 1.807) is 32.4 Å². The number of benzene rings is 2.